The third kappa shape index (κ3) is 5.63. The van der Waals surface area contributed by atoms with Crippen LogP contribution in [0.5, 0.6) is 0 Å². The highest BCUT2D eigenvalue weighted by molar-refractivity contribution is 4.79. The van der Waals surface area contributed by atoms with Crippen molar-refractivity contribution in [3.05, 3.63) is 0 Å². The fourth-order valence-electron chi connectivity index (χ4n) is 2.42. The molecule has 18 heavy (non-hydrogen) atoms. The molecule has 1 unspecified atom stereocenters. The molecule has 0 aromatic rings. The fourth-order valence-corrected chi connectivity index (χ4v) is 2.42. The zero-order valence-electron chi connectivity index (χ0n) is 11.8. The molecule has 0 aromatic carbocycles. The van der Waals surface area contributed by atoms with Crippen LogP contribution in [0.2, 0.25) is 0 Å². The van der Waals surface area contributed by atoms with Gasteiger partial charge in [0.2, 0.25) is 0 Å². The Morgan fingerprint density at radius 1 is 1.44 bits per heavy atom. The van der Waals surface area contributed by atoms with Gasteiger partial charge in [-0.15, -0.1) is 0 Å². The van der Waals surface area contributed by atoms with E-state index in [1.807, 2.05) is 0 Å². The highest BCUT2D eigenvalue weighted by atomic mass is 19.1. The first-order chi connectivity index (χ1) is 8.67. The van der Waals surface area contributed by atoms with Crippen LogP contribution in [0, 0.1) is 0 Å². The van der Waals surface area contributed by atoms with Crippen LogP contribution in [0.1, 0.15) is 46.0 Å². The smallest absolute Gasteiger partial charge is 0.138 e. The Labute approximate surface area is 110 Å². The first-order valence-electron chi connectivity index (χ1n) is 7.33. The van der Waals surface area contributed by atoms with E-state index in [1.165, 1.54) is 0 Å². The second-order valence-corrected chi connectivity index (χ2v) is 5.22. The van der Waals surface area contributed by atoms with Crippen LogP contribution < -0.4 is 0 Å². The summed E-state index contributed by atoms with van der Waals surface area (Å²) in [5.74, 6) is 0. The van der Waals surface area contributed by atoms with Crippen molar-refractivity contribution in [2.45, 2.75) is 64.3 Å². The lowest BCUT2D eigenvalue weighted by Crippen LogP contribution is -2.45. The third-order valence-corrected chi connectivity index (χ3v) is 3.63. The van der Waals surface area contributed by atoms with E-state index in [9.17, 15) is 9.50 Å². The average Bonchev–Trinajstić information content (AvgIpc) is 2.37. The van der Waals surface area contributed by atoms with E-state index in [0.29, 0.717) is 19.1 Å². The molecule has 0 aromatic heterocycles. The molecule has 3 atom stereocenters. The minimum absolute atomic E-state index is 0.368. The number of hydrogen-bond donors (Lipinski definition) is 1. The van der Waals surface area contributed by atoms with Crippen LogP contribution in [0.3, 0.4) is 0 Å². The molecule has 1 N–H and O–H groups in total. The molecule has 1 aliphatic rings. The molecule has 108 valence electrons. The SMILES string of the molecule is CCCC(CC)OCCCN1CC[C@H](O)[C@@H](F)C1. The summed E-state index contributed by atoms with van der Waals surface area (Å²) >= 11 is 0. The lowest BCUT2D eigenvalue weighted by Gasteiger charge is -2.32. The van der Waals surface area contributed by atoms with Gasteiger partial charge >= 0.3 is 0 Å². The molecule has 4 heteroatoms. The highest BCUT2D eigenvalue weighted by Gasteiger charge is 2.26. The molecule has 0 radical (unpaired) electrons. The maximum Gasteiger partial charge on any atom is 0.138 e. The molecule has 1 rings (SSSR count). The quantitative estimate of drug-likeness (QED) is 0.681. The van der Waals surface area contributed by atoms with Gasteiger partial charge in [-0.2, -0.15) is 0 Å². The van der Waals surface area contributed by atoms with Crippen molar-refractivity contribution in [3.63, 3.8) is 0 Å². The molecule has 1 heterocycles. The van der Waals surface area contributed by atoms with Crippen molar-refractivity contribution < 1.29 is 14.2 Å². The van der Waals surface area contributed by atoms with E-state index in [0.717, 1.165) is 45.4 Å². The molecule has 1 aliphatic heterocycles. The summed E-state index contributed by atoms with van der Waals surface area (Å²) in [4.78, 5) is 2.08. The standard InChI is InChI=1S/C14H28FNO2/c1-3-6-12(4-2)18-10-5-8-16-9-7-14(17)13(15)11-16/h12-14,17H,3-11H2,1-2H3/t12?,13-,14-/m0/s1. The van der Waals surface area contributed by atoms with E-state index < -0.39 is 12.3 Å². The molecule has 1 saturated heterocycles. The number of ether oxygens (including phenoxy) is 1. The average molecular weight is 261 g/mol. The van der Waals surface area contributed by atoms with Gasteiger partial charge in [0.1, 0.15) is 6.17 Å². The Balaban J connectivity index is 2.07. The van der Waals surface area contributed by atoms with E-state index in [4.69, 9.17) is 4.74 Å². The summed E-state index contributed by atoms with van der Waals surface area (Å²) in [5.41, 5.74) is 0. The molecular weight excluding hydrogens is 233 g/mol. The van der Waals surface area contributed by atoms with Crippen LogP contribution in [0.4, 0.5) is 4.39 Å². The van der Waals surface area contributed by atoms with Gasteiger partial charge in [0.25, 0.3) is 0 Å². The molecule has 0 bridgehead atoms. The van der Waals surface area contributed by atoms with Crippen molar-refractivity contribution in [1.29, 1.82) is 0 Å². The molecule has 0 aliphatic carbocycles. The van der Waals surface area contributed by atoms with Crippen LogP contribution in [-0.2, 0) is 4.74 Å². The highest BCUT2D eigenvalue weighted by Crippen LogP contribution is 2.14. The predicted octanol–water partition coefficient (Wildman–Crippen LogP) is 2.38. The van der Waals surface area contributed by atoms with Crippen molar-refractivity contribution in [3.8, 4) is 0 Å². The van der Waals surface area contributed by atoms with E-state index in [-0.39, 0.29) is 0 Å². The van der Waals surface area contributed by atoms with Gasteiger partial charge in [-0.3, -0.25) is 0 Å². The maximum absolute atomic E-state index is 13.3. The summed E-state index contributed by atoms with van der Waals surface area (Å²) in [7, 11) is 0. The van der Waals surface area contributed by atoms with Gasteiger partial charge in [-0.25, -0.2) is 4.39 Å². The number of hydrogen-bond acceptors (Lipinski definition) is 3. The Bertz CT molecular complexity index is 216. The molecule has 1 fully saturated rings. The summed E-state index contributed by atoms with van der Waals surface area (Å²) in [5, 5.41) is 9.30. The first-order valence-corrected chi connectivity index (χ1v) is 7.33. The Morgan fingerprint density at radius 3 is 2.83 bits per heavy atom. The lowest BCUT2D eigenvalue weighted by molar-refractivity contribution is -0.00121. The number of aliphatic hydroxyl groups is 1. The molecular formula is C14H28FNO2. The monoisotopic (exact) mass is 261 g/mol. The van der Waals surface area contributed by atoms with Crippen LogP contribution in [-0.4, -0.2) is 54.6 Å². The second kappa shape index (κ2) is 8.83. The lowest BCUT2D eigenvalue weighted by atomic mass is 10.1. The van der Waals surface area contributed by atoms with Gasteiger partial charge < -0.3 is 14.7 Å². The number of rotatable bonds is 8. The zero-order valence-corrected chi connectivity index (χ0v) is 11.8. The fraction of sp³-hybridized carbons (Fsp3) is 1.00. The third-order valence-electron chi connectivity index (χ3n) is 3.63. The Hall–Kier alpha value is -0.190. The Morgan fingerprint density at radius 2 is 2.22 bits per heavy atom. The van der Waals surface area contributed by atoms with Gasteiger partial charge in [-0.05, 0) is 25.7 Å². The molecule has 0 spiro atoms. The number of nitrogens with zero attached hydrogens (tertiary/aromatic N) is 1. The maximum atomic E-state index is 13.3. The predicted molar refractivity (Wildman–Crippen MR) is 71.5 cm³/mol. The number of piperidine rings is 1. The van der Waals surface area contributed by atoms with Crippen molar-refractivity contribution in [2.24, 2.45) is 0 Å². The number of likely N-dealkylation sites (tertiary alicyclic amines) is 1. The minimum atomic E-state index is -1.08. The van der Waals surface area contributed by atoms with Gasteiger partial charge in [0, 0.05) is 26.2 Å². The van der Waals surface area contributed by atoms with Gasteiger partial charge in [0.15, 0.2) is 0 Å². The number of aliphatic hydroxyl groups excluding tert-OH is 1. The van der Waals surface area contributed by atoms with Crippen molar-refractivity contribution in [1.82, 2.24) is 4.90 Å². The minimum Gasteiger partial charge on any atom is -0.390 e. The largest absolute Gasteiger partial charge is 0.390 e. The van der Waals surface area contributed by atoms with Crippen LogP contribution in [0.25, 0.3) is 0 Å². The van der Waals surface area contributed by atoms with Crippen LogP contribution >= 0.6 is 0 Å². The Kier molecular flexibility index (Phi) is 7.79. The second-order valence-electron chi connectivity index (χ2n) is 5.22. The van der Waals surface area contributed by atoms with Gasteiger partial charge in [0.05, 0.1) is 12.2 Å². The topological polar surface area (TPSA) is 32.7 Å². The summed E-state index contributed by atoms with van der Waals surface area (Å²) in [6, 6.07) is 0. The number of alkyl halides is 1. The van der Waals surface area contributed by atoms with E-state index in [2.05, 4.69) is 18.7 Å². The zero-order chi connectivity index (χ0) is 13.4. The van der Waals surface area contributed by atoms with Crippen molar-refractivity contribution >= 4 is 0 Å². The summed E-state index contributed by atoms with van der Waals surface area (Å²) < 4.78 is 19.1. The summed E-state index contributed by atoms with van der Waals surface area (Å²) in [6.45, 7) is 7.12. The molecule has 0 saturated carbocycles. The molecule has 0 amide bonds. The van der Waals surface area contributed by atoms with Crippen LogP contribution in [0.15, 0.2) is 0 Å². The normalized spacial score (nSPS) is 27.3. The van der Waals surface area contributed by atoms with Crippen molar-refractivity contribution in [2.75, 3.05) is 26.2 Å². The van der Waals surface area contributed by atoms with E-state index >= 15 is 0 Å². The number of halogens is 1. The molecule has 3 nitrogen and oxygen atoms in total. The van der Waals surface area contributed by atoms with E-state index in [1.54, 1.807) is 0 Å². The summed E-state index contributed by atoms with van der Waals surface area (Å²) in [6.07, 6.45) is 3.39. The first kappa shape index (κ1) is 15.9. The van der Waals surface area contributed by atoms with Gasteiger partial charge in [-0.1, -0.05) is 20.3 Å².